The van der Waals surface area contributed by atoms with E-state index in [1.807, 2.05) is 56.3 Å². The Hall–Kier alpha value is -4.78. The summed E-state index contributed by atoms with van der Waals surface area (Å²) >= 11 is 15.4. The fourth-order valence-electron chi connectivity index (χ4n) is 6.25. The molecule has 2 N–H and O–H groups in total. The van der Waals surface area contributed by atoms with Crippen molar-refractivity contribution in [2.75, 3.05) is 24.7 Å². The molecule has 0 spiro atoms. The molecule has 7 rings (SSSR count). The maximum Gasteiger partial charge on any atom is 0.254 e. The van der Waals surface area contributed by atoms with E-state index in [4.69, 9.17) is 11.6 Å². The standard InChI is InChI=1S/C25H22ClFN4O2S2.C16H13BrFN3OS2/c1-14(23(32)29-25-30-28-13-34-25)22(16-5-4-6-17(27)11-16)21-10-9-20(35-21)15-7-8-18(19(26)12-15)24(33)31(2)3;1-9(15(22)20-16-21-19-8-23-16)14(12-5-6-13(17)24-12)10-3-2-4-11(18)7-10/h4-14,22H,1-3H3,(H,29,30,32);2-9,14H,1H3,(H,20,21,22)/t14-,22-;9-,14-/m11/s1. The topological polar surface area (TPSA) is 130 Å². The van der Waals surface area contributed by atoms with Gasteiger partial charge in [-0.05, 0) is 93.3 Å². The first-order chi connectivity index (χ1) is 28.3. The molecule has 0 fully saturated rings. The molecule has 0 aliphatic rings. The number of rotatable bonds is 12. The smallest absolute Gasteiger partial charge is 0.254 e. The van der Waals surface area contributed by atoms with E-state index >= 15 is 0 Å². The highest BCUT2D eigenvalue weighted by Gasteiger charge is 2.31. The highest BCUT2D eigenvalue weighted by molar-refractivity contribution is 9.11. The Morgan fingerprint density at radius 1 is 0.712 bits per heavy atom. The van der Waals surface area contributed by atoms with Crippen LogP contribution in [0, 0.1) is 23.5 Å². The highest BCUT2D eigenvalue weighted by atomic mass is 79.9. The van der Waals surface area contributed by atoms with Gasteiger partial charge in [0.1, 0.15) is 22.7 Å². The average molecular weight is 955 g/mol. The van der Waals surface area contributed by atoms with Crippen molar-refractivity contribution in [1.82, 2.24) is 25.3 Å². The van der Waals surface area contributed by atoms with Gasteiger partial charge in [-0.3, -0.25) is 14.4 Å². The van der Waals surface area contributed by atoms with Crippen LogP contribution in [-0.2, 0) is 9.59 Å². The van der Waals surface area contributed by atoms with Crippen molar-refractivity contribution < 1.29 is 23.2 Å². The van der Waals surface area contributed by atoms with Crippen LogP contribution >= 0.6 is 72.9 Å². The summed E-state index contributed by atoms with van der Waals surface area (Å²) in [7, 11) is 3.35. The molecular formula is C41H35BrClF2N7O3S4. The molecule has 304 valence electrons. The van der Waals surface area contributed by atoms with E-state index in [2.05, 4.69) is 47.0 Å². The monoisotopic (exact) mass is 953 g/mol. The van der Waals surface area contributed by atoms with Crippen LogP contribution in [0.1, 0.15) is 56.9 Å². The Bertz CT molecular complexity index is 2540. The van der Waals surface area contributed by atoms with Crippen molar-refractivity contribution in [3.63, 3.8) is 0 Å². The number of hydrogen-bond donors (Lipinski definition) is 2. The van der Waals surface area contributed by atoms with Gasteiger partial charge in [0.05, 0.1) is 14.4 Å². The molecule has 10 nitrogen and oxygen atoms in total. The quantitative estimate of drug-likeness (QED) is 0.125. The van der Waals surface area contributed by atoms with Crippen molar-refractivity contribution in [3.8, 4) is 10.4 Å². The zero-order valence-electron chi connectivity index (χ0n) is 31.7. The minimum atomic E-state index is -0.518. The molecule has 0 bridgehead atoms. The number of carbonyl (C=O) groups is 3. The Balaban J connectivity index is 0.000000213. The second kappa shape index (κ2) is 20.0. The SMILES string of the molecule is C[C@@H](C(=O)Nc1nncs1)[C@H](c1cccc(F)c1)c1ccc(-c2ccc(C(=O)N(C)C)c(Cl)c2)s1.C[C@@H](C(=O)Nc1nncs1)[C@H](c1cccc(F)c1)c1ccc(Br)s1. The van der Waals surface area contributed by atoms with Gasteiger partial charge in [0.2, 0.25) is 22.1 Å². The molecule has 0 aliphatic heterocycles. The third-order valence-corrected chi connectivity index (χ3v) is 13.6. The zero-order chi connectivity index (χ0) is 42.2. The summed E-state index contributed by atoms with van der Waals surface area (Å²) < 4.78 is 28.8. The summed E-state index contributed by atoms with van der Waals surface area (Å²) in [5, 5.41) is 22.0. The maximum atomic E-state index is 14.1. The molecule has 7 aromatic rings. The lowest BCUT2D eigenvalue weighted by Gasteiger charge is -2.22. The number of halogens is 4. The Morgan fingerprint density at radius 2 is 1.24 bits per heavy atom. The summed E-state index contributed by atoms with van der Waals surface area (Å²) in [5.74, 6) is -2.82. The first-order valence-corrected chi connectivity index (χ1v) is 22.4. The molecule has 0 radical (unpaired) electrons. The maximum absolute atomic E-state index is 14.1. The second-order valence-corrected chi connectivity index (χ2v) is 19.0. The molecule has 0 aliphatic carbocycles. The molecule has 0 unspecified atom stereocenters. The summed E-state index contributed by atoms with van der Waals surface area (Å²) in [6.07, 6.45) is 0. The van der Waals surface area contributed by atoms with Gasteiger partial charge in [-0.15, -0.1) is 43.1 Å². The third-order valence-electron chi connectivity index (χ3n) is 9.15. The van der Waals surface area contributed by atoms with Gasteiger partial charge in [0.25, 0.3) is 5.91 Å². The van der Waals surface area contributed by atoms with Crippen LogP contribution in [0.4, 0.5) is 19.0 Å². The summed E-state index contributed by atoms with van der Waals surface area (Å²) in [4.78, 5) is 42.3. The number of aromatic nitrogens is 4. The molecule has 3 aromatic carbocycles. The molecule has 0 saturated heterocycles. The Kier molecular flexibility index (Phi) is 14.8. The molecule has 0 saturated carbocycles. The van der Waals surface area contributed by atoms with Crippen LogP contribution in [0.15, 0.2) is 106 Å². The lowest BCUT2D eigenvalue weighted by atomic mass is 9.85. The minimum absolute atomic E-state index is 0.171. The van der Waals surface area contributed by atoms with Crippen LogP contribution in [0.2, 0.25) is 5.02 Å². The van der Waals surface area contributed by atoms with Crippen molar-refractivity contribution >= 4 is 101 Å². The number of amides is 3. The molecule has 18 heteroatoms. The number of hydrogen-bond acceptors (Lipinski definition) is 11. The van der Waals surface area contributed by atoms with E-state index < -0.39 is 11.8 Å². The van der Waals surface area contributed by atoms with Crippen LogP contribution in [0.3, 0.4) is 0 Å². The van der Waals surface area contributed by atoms with Gasteiger partial charge in [0.15, 0.2) is 0 Å². The highest BCUT2D eigenvalue weighted by Crippen LogP contribution is 2.41. The average Bonchev–Trinajstić information content (AvgIpc) is 4.06. The van der Waals surface area contributed by atoms with E-state index in [-0.39, 0.29) is 41.2 Å². The van der Waals surface area contributed by atoms with Gasteiger partial charge >= 0.3 is 0 Å². The number of thiophene rings is 2. The number of benzene rings is 3. The molecule has 4 aromatic heterocycles. The summed E-state index contributed by atoms with van der Waals surface area (Å²) in [5.41, 5.74) is 5.84. The minimum Gasteiger partial charge on any atom is -0.345 e. The van der Waals surface area contributed by atoms with Crippen molar-refractivity contribution in [2.24, 2.45) is 11.8 Å². The van der Waals surface area contributed by atoms with Gasteiger partial charge in [-0.2, -0.15) is 0 Å². The lowest BCUT2D eigenvalue weighted by Crippen LogP contribution is -2.26. The number of nitrogens with one attached hydrogen (secondary N) is 2. The summed E-state index contributed by atoms with van der Waals surface area (Å²) in [6.45, 7) is 3.64. The van der Waals surface area contributed by atoms with E-state index in [1.54, 1.807) is 49.4 Å². The first-order valence-electron chi connectivity index (χ1n) is 17.8. The van der Waals surface area contributed by atoms with Crippen molar-refractivity contribution in [3.05, 3.63) is 149 Å². The molecule has 4 heterocycles. The fourth-order valence-corrected chi connectivity index (χ4v) is 10.3. The Morgan fingerprint density at radius 3 is 1.68 bits per heavy atom. The van der Waals surface area contributed by atoms with E-state index in [0.717, 1.165) is 29.5 Å². The van der Waals surface area contributed by atoms with Crippen LogP contribution in [-0.4, -0.2) is 57.1 Å². The third kappa shape index (κ3) is 11.1. The summed E-state index contributed by atoms with van der Waals surface area (Å²) in [6, 6.07) is 25.8. The van der Waals surface area contributed by atoms with Crippen LogP contribution in [0.25, 0.3) is 10.4 Å². The zero-order valence-corrected chi connectivity index (χ0v) is 37.3. The van der Waals surface area contributed by atoms with Gasteiger partial charge in [-0.25, -0.2) is 8.78 Å². The van der Waals surface area contributed by atoms with E-state index in [0.29, 0.717) is 26.4 Å². The number of carbonyl (C=O) groups excluding carboxylic acids is 3. The van der Waals surface area contributed by atoms with E-state index in [1.165, 1.54) is 74.5 Å². The lowest BCUT2D eigenvalue weighted by molar-refractivity contribution is -0.120. The van der Waals surface area contributed by atoms with Gasteiger partial charge in [-0.1, -0.05) is 78.5 Å². The van der Waals surface area contributed by atoms with E-state index in [9.17, 15) is 23.2 Å². The number of nitrogens with zero attached hydrogens (tertiary/aromatic N) is 5. The molecule has 4 atom stereocenters. The van der Waals surface area contributed by atoms with Crippen molar-refractivity contribution in [2.45, 2.75) is 25.7 Å². The fraction of sp³-hybridized carbons (Fsp3) is 0.195. The molecule has 59 heavy (non-hydrogen) atoms. The second-order valence-electron chi connectivity index (χ2n) is 13.3. The van der Waals surface area contributed by atoms with Gasteiger partial charge < -0.3 is 15.5 Å². The molecule has 3 amide bonds. The normalized spacial score (nSPS) is 13.0. The molecular weight excluding hydrogens is 920 g/mol. The van der Waals surface area contributed by atoms with Crippen molar-refractivity contribution in [1.29, 1.82) is 0 Å². The number of anilines is 2. The van der Waals surface area contributed by atoms with Crippen LogP contribution in [0.5, 0.6) is 0 Å². The predicted molar refractivity (Wildman–Crippen MR) is 237 cm³/mol. The Labute approximate surface area is 368 Å². The largest absolute Gasteiger partial charge is 0.345 e. The van der Waals surface area contributed by atoms with Gasteiger partial charge in [0, 0.05) is 52.4 Å². The van der Waals surface area contributed by atoms with Crippen LogP contribution < -0.4 is 10.6 Å². The predicted octanol–water partition coefficient (Wildman–Crippen LogP) is 11.1. The first kappa shape index (κ1) is 43.8.